The van der Waals surface area contributed by atoms with Crippen molar-refractivity contribution in [1.82, 2.24) is 5.32 Å². The Hall–Kier alpha value is -6.72. The standard InChI is InChI=1S/C45H29N3O2/c1-4-13-28(14-5-1)32-19-10-21-35-37-23-12-24-38(42(37)50-40(32)35)36-22-11-20-34-33-26-25-31(27-39(33)49-41(34)36)45-47-43(29-15-6-2-7-16-29)46-44(48-45)30-17-8-3-9-18-30/h1-27,45H,(H,46,47,48). The van der Waals surface area contributed by atoms with Gasteiger partial charge in [0.2, 0.25) is 0 Å². The van der Waals surface area contributed by atoms with Crippen molar-refractivity contribution in [3.05, 3.63) is 180 Å². The molecule has 0 fully saturated rings. The van der Waals surface area contributed by atoms with Crippen LogP contribution >= 0.6 is 0 Å². The largest absolute Gasteiger partial charge is 0.455 e. The zero-order valence-corrected chi connectivity index (χ0v) is 26.9. The second kappa shape index (κ2) is 11.5. The van der Waals surface area contributed by atoms with E-state index < -0.39 is 0 Å². The predicted molar refractivity (Wildman–Crippen MR) is 204 cm³/mol. The van der Waals surface area contributed by atoms with Crippen LogP contribution in [-0.4, -0.2) is 11.7 Å². The molecule has 3 heterocycles. The predicted octanol–water partition coefficient (Wildman–Crippen LogP) is 11.3. The van der Waals surface area contributed by atoms with Crippen molar-refractivity contribution >= 4 is 55.5 Å². The zero-order valence-electron chi connectivity index (χ0n) is 26.9. The summed E-state index contributed by atoms with van der Waals surface area (Å²) in [5.74, 6) is 1.47. The van der Waals surface area contributed by atoms with Crippen molar-refractivity contribution in [2.75, 3.05) is 0 Å². The molecule has 2 aromatic heterocycles. The summed E-state index contributed by atoms with van der Waals surface area (Å²) in [6, 6.07) is 56.1. The molecule has 7 aromatic carbocycles. The molecule has 0 aliphatic carbocycles. The molecule has 1 N–H and O–H groups in total. The molecule has 1 aliphatic rings. The third-order valence-electron chi connectivity index (χ3n) is 9.56. The maximum Gasteiger partial charge on any atom is 0.159 e. The first-order valence-corrected chi connectivity index (χ1v) is 16.8. The molecular weight excluding hydrogens is 615 g/mol. The van der Waals surface area contributed by atoms with Gasteiger partial charge in [-0.3, -0.25) is 0 Å². The Labute approximate surface area is 287 Å². The van der Waals surface area contributed by atoms with Crippen LogP contribution in [0.3, 0.4) is 0 Å². The monoisotopic (exact) mass is 643 g/mol. The number of nitrogens with zero attached hydrogens (tertiary/aromatic N) is 2. The Balaban J connectivity index is 1.10. The lowest BCUT2D eigenvalue weighted by Gasteiger charge is -2.23. The van der Waals surface area contributed by atoms with Crippen molar-refractivity contribution in [1.29, 1.82) is 0 Å². The Bertz CT molecular complexity index is 2780. The maximum atomic E-state index is 6.76. The first-order valence-electron chi connectivity index (χ1n) is 16.8. The summed E-state index contributed by atoms with van der Waals surface area (Å²) in [5.41, 5.74) is 10.5. The highest BCUT2D eigenvalue weighted by atomic mass is 16.3. The summed E-state index contributed by atoms with van der Waals surface area (Å²) in [6.45, 7) is 0. The number of hydrogen-bond acceptors (Lipinski definition) is 5. The Morgan fingerprint density at radius 1 is 0.440 bits per heavy atom. The van der Waals surface area contributed by atoms with Crippen molar-refractivity contribution in [2.45, 2.75) is 6.17 Å². The molecule has 50 heavy (non-hydrogen) atoms. The molecule has 236 valence electrons. The molecular formula is C45H29N3O2. The summed E-state index contributed by atoms with van der Waals surface area (Å²) in [7, 11) is 0. The van der Waals surface area contributed by atoms with E-state index in [4.69, 9.17) is 18.8 Å². The average molecular weight is 644 g/mol. The number of fused-ring (bicyclic) bond motifs is 6. The zero-order chi connectivity index (χ0) is 33.0. The minimum atomic E-state index is -0.349. The van der Waals surface area contributed by atoms with E-state index in [9.17, 15) is 0 Å². The smallest absolute Gasteiger partial charge is 0.159 e. The molecule has 0 amide bonds. The minimum absolute atomic E-state index is 0.349. The molecule has 1 atom stereocenters. The summed E-state index contributed by atoms with van der Waals surface area (Å²) >= 11 is 0. The summed E-state index contributed by atoms with van der Waals surface area (Å²) in [6.07, 6.45) is -0.349. The second-order valence-corrected chi connectivity index (χ2v) is 12.6. The van der Waals surface area contributed by atoms with Gasteiger partial charge >= 0.3 is 0 Å². The maximum absolute atomic E-state index is 6.76. The van der Waals surface area contributed by atoms with Gasteiger partial charge in [-0.2, -0.15) is 0 Å². The Morgan fingerprint density at radius 2 is 0.980 bits per heavy atom. The molecule has 0 saturated carbocycles. The lowest BCUT2D eigenvalue weighted by molar-refractivity contribution is 0.655. The van der Waals surface area contributed by atoms with Gasteiger partial charge in [0, 0.05) is 54.9 Å². The number of para-hydroxylation sites is 3. The molecule has 0 spiro atoms. The SMILES string of the molecule is c1ccc(C2=NC(c3ccc4c(c3)oc3c(-c5cccc6c5oc5c(-c7ccccc7)cccc56)cccc34)NC(c3ccccc3)=N2)cc1. The Kier molecular flexibility index (Phi) is 6.49. The Morgan fingerprint density at radius 3 is 1.64 bits per heavy atom. The van der Waals surface area contributed by atoms with Gasteiger partial charge in [0.15, 0.2) is 5.84 Å². The third-order valence-corrected chi connectivity index (χ3v) is 9.56. The number of benzene rings is 7. The van der Waals surface area contributed by atoms with E-state index in [-0.39, 0.29) is 6.17 Å². The molecule has 5 nitrogen and oxygen atoms in total. The van der Waals surface area contributed by atoms with Crippen LogP contribution in [0, 0.1) is 0 Å². The quantitative estimate of drug-likeness (QED) is 0.203. The lowest BCUT2D eigenvalue weighted by Crippen LogP contribution is -2.33. The molecule has 1 unspecified atom stereocenters. The summed E-state index contributed by atoms with van der Waals surface area (Å²) in [5, 5.41) is 7.86. The van der Waals surface area contributed by atoms with Gasteiger partial charge in [0.05, 0.1) is 0 Å². The summed E-state index contributed by atoms with van der Waals surface area (Å²) < 4.78 is 13.5. The van der Waals surface area contributed by atoms with E-state index in [1.165, 1.54) is 0 Å². The van der Waals surface area contributed by atoms with Crippen LogP contribution in [-0.2, 0) is 0 Å². The number of amidine groups is 2. The van der Waals surface area contributed by atoms with Gasteiger partial charge in [0.1, 0.15) is 34.3 Å². The van der Waals surface area contributed by atoms with Crippen LogP contribution in [0.2, 0.25) is 0 Å². The van der Waals surface area contributed by atoms with Crippen molar-refractivity contribution in [3.63, 3.8) is 0 Å². The number of aliphatic imine (C=N–C) groups is 2. The number of rotatable bonds is 5. The van der Waals surface area contributed by atoms with E-state index in [1.54, 1.807) is 0 Å². The fraction of sp³-hybridized carbons (Fsp3) is 0.0222. The van der Waals surface area contributed by atoms with Crippen LogP contribution in [0.25, 0.3) is 66.1 Å². The molecule has 5 heteroatoms. The van der Waals surface area contributed by atoms with E-state index in [1.807, 2.05) is 54.6 Å². The van der Waals surface area contributed by atoms with E-state index in [2.05, 4.69) is 115 Å². The number of nitrogens with one attached hydrogen (secondary N) is 1. The highest BCUT2D eigenvalue weighted by Gasteiger charge is 2.23. The van der Waals surface area contributed by atoms with Crippen molar-refractivity contribution in [3.8, 4) is 22.3 Å². The van der Waals surface area contributed by atoms with Crippen LogP contribution in [0.1, 0.15) is 22.9 Å². The van der Waals surface area contributed by atoms with Gasteiger partial charge in [-0.05, 0) is 11.6 Å². The van der Waals surface area contributed by atoms with Gasteiger partial charge in [-0.1, -0.05) is 158 Å². The van der Waals surface area contributed by atoms with Crippen molar-refractivity contribution in [2.24, 2.45) is 9.98 Å². The van der Waals surface area contributed by atoms with E-state index in [0.29, 0.717) is 5.84 Å². The fourth-order valence-corrected chi connectivity index (χ4v) is 7.15. The van der Waals surface area contributed by atoms with Gasteiger partial charge < -0.3 is 14.2 Å². The van der Waals surface area contributed by atoms with E-state index in [0.717, 1.165) is 88.7 Å². The van der Waals surface area contributed by atoms with Crippen LogP contribution < -0.4 is 5.32 Å². The van der Waals surface area contributed by atoms with Crippen molar-refractivity contribution < 1.29 is 8.83 Å². The summed E-state index contributed by atoms with van der Waals surface area (Å²) in [4.78, 5) is 10.00. The third kappa shape index (κ3) is 4.63. The van der Waals surface area contributed by atoms with E-state index >= 15 is 0 Å². The van der Waals surface area contributed by atoms with Crippen LogP contribution in [0.15, 0.2) is 183 Å². The highest BCUT2D eigenvalue weighted by Crippen LogP contribution is 2.43. The van der Waals surface area contributed by atoms with Gasteiger partial charge in [-0.25, -0.2) is 9.98 Å². The topological polar surface area (TPSA) is 63.0 Å². The fourth-order valence-electron chi connectivity index (χ4n) is 7.15. The van der Waals surface area contributed by atoms with Gasteiger partial charge in [0.25, 0.3) is 0 Å². The first kappa shape index (κ1) is 28.3. The molecule has 9 aromatic rings. The minimum Gasteiger partial charge on any atom is -0.455 e. The molecule has 10 rings (SSSR count). The van der Waals surface area contributed by atoms with Crippen LogP contribution in [0.5, 0.6) is 0 Å². The molecule has 1 aliphatic heterocycles. The first-order chi connectivity index (χ1) is 24.8. The molecule has 0 radical (unpaired) electrons. The van der Waals surface area contributed by atoms with Crippen LogP contribution in [0.4, 0.5) is 0 Å². The average Bonchev–Trinajstić information content (AvgIpc) is 3.77. The number of hydrogen-bond donors (Lipinski definition) is 1. The highest BCUT2D eigenvalue weighted by molar-refractivity contribution is 6.17. The lowest BCUT2D eigenvalue weighted by atomic mass is 9.99. The second-order valence-electron chi connectivity index (χ2n) is 12.6. The number of furan rings is 2. The molecule has 0 bridgehead atoms. The normalized spacial score (nSPS) is 14.6. The van der Waals surface area contributed by atoms with Gasteiger partial charge in [-0.15, -0.1) is 0 Å². The molecule has 0 saturated heterocycles.